The summed E-state index contributed by atoms with van der Waals surface area (Å²) in [4.78, 5) is 0. The summed E-state index contributed by atoms with van der Waals surface area (Å²) in [5.41, 5.74) is 7.24. The van der Waals surface area contributed by atoms with Gasteiger partial charge in [0.25, 0.3) is 0 Å². The highest BCUT2D eigenvalue weighted by Crippen LogP contribution is 2.25. The van der Waals surface area contributed by atoms with Crippen LogP contribution >= 0.6 is 15.9 Å². The Kier molecular flexibility index (Phi) is 4.00. The Hall–Kier alpha value is -0.380. The lowest BCUT2D eigenvalue weighted by molar-refractivity contribution is 0.456. The number of nitrogens with two attached hydrogens (primary N) is 1. The number of rotatable bonds is 3. The van der Waals surface area contributed by atoms with Crippen LogP contribution in [0.5, 0.6) is 0 Å². The van der Waals surface area contributed by atoms with E-state index in [0.29, 0.717) is 18.1 Å². The molecule has 3 heteroatoms. The largest absolute Gasteiger partial charge is 0.328 e. The summed E-state index contributed by atoms with van der Waals surface area (Å²) in [6, 6.07) is 9.74. The summed E-state index contributed by atoms with van der Waals surface area (Å²) in [6.07, 6.45) is 3.46. The van der Waals surface area contributed by atoms with E-state index in [1.54, 1.807) is 0 Å². The van der Waals surface area contributed by atoms with E-state index in [-0.39, 0.29) is 0 Å². The molecule has 2 nitrogen and oxygen atoms in total. The summed E-state index contributed by atoms with van der Waals surface area (Å²) in [7, 11) is 0. The number of hydrogen-bond donors (Lipinski definition) is 2. The van der Waals surface area contributed by atoms with Crippen molar-refractivity contribution in [3.8, 4) is 0 Å². The van der Waals surface area contributed by atoms with Crippen LogP contribution in [0.3, 0.4) is 0 Å². The van der Waals surface area contributed by atoms with Crippen molar-refractivity contribution in [2.24, 2.45) is 5.73 Å². The maximum absolute atomic E-state index is 5.92. The minimum atomic E-state index is 0.380. The lowest BCUT2D eigenvalue weighted by Gasteiger charge is -2.20. The van der Waals surface area contributed by atoms with Crippen molar-refractivity contribution in [3.63, 3.8) is 0 Å². The molecule has 0 saturated heterocycles. The zero-order chi connectivity index (χ0) is 11.5. The average molecular weight is 283 g/mol. The van der Waals surface area contributed by atoms with Crippen molar-refractivity contribution in [3.05, 3.63) is 34.3 Å². The molecule has 0 aliphatic heterocycles. The summed E-state index contributed by atoms with van der Waals surface area (Å²) in [5, 5.41) is 3.66. The van der Waals surface area contributed by atoms with Crippen molar-refractivity contribution >= 4 is 15.9 Å². The molecule has 2 rings (SSSR count). The predicted molar refractivity (Wildman–Crippen MR) is 71.3 cm³/mol. The van der Waals surface area contributed by atoms with Gasteiger partial charge in [0, 0.05) is 22.6 Å². The normalized spacial score (nSPS) is 26.9. The van der Waals surface area contributed by atoms with Crippen LogP contribution < -0.4 is 11.1 Å². The highest BCUT2D eigenvalue weighted by atomic mass is 79.9. The van der Waals surface area contributed by atoms with E-state index in [9.17, 15) is 0 Å². The SMILES string of the molecule is C[C@@H](NC1CCC(N)C1)c1ccccc1Br. The highest BCUT2D eigenvalue weighted by molar-refractivity contribution is 9.10. The topological polar surface area (TPSA) is 38.0 Å². The van der Waals surface area contributed by atoms with E-state index < -0.39 is 0 Å². The first-order valence-electron chi connectivity index (χ1n) is 5.93. The van der Waals surface area contributed by atoms with Crippen LogP contribution in [-0.4, -0.2) is 12.1 Å². The van der Waals surface area contributed by atoms with Gasteiger partial charge in [0.2, 0.25) is 0 Å². The first-order chi connectivity index (χ1) is 7.66. The lowest BCUT2D eigenvalue weighted by Crippen LogP contribution is -2.31. The van der Waals surface area contributed by atoms with Crippen LogP contribution in [0.4, 0.5) is 0 Å². The van der Waals surface area contributed by atoms with Crippen molar-refractivity contribution in [1.29, 1.82) is 0 Å². The summed E-state index contributed by atoms with van der Waals surface area (Å²) in [5.74, 6) is 0. The average Bonchev–Trinajstić information content (AvgIpc) is 2.64. The van der Waals surface area contributed by atoms with Gasteiger partial charge >= 0.3 is 0 Å². The fourth-order valence-electron chi connectivity index (χ4n) is 2.44. The fraction of sp³-hybridized carbons (Fsp3) is 0.538. The molecule has 0 amide bonds. The third kappa shape index (κ3) is 2.84. The number of nitrogens with one attached hydrogen (secondary N) is 1. The molecule has 0 aromatic heterocycles. The molecular weight excluding hydrogens is 264 g/mol. The quantitative estimate of drug-likeness (QED) is 0.895. The van der Waals surface area contributed by atoms with Gasteiger partial charge in [-0.2, -0.15) is 0 Å². The first kappa shape index (κ1) is 12.1. The molecule has 1 aliphatic rings. The molecule has 1 aromatic carbocycles. The first-order valence-corrected chi connectivity index (χ1v) is 6.72. The van der Waals surface area contributed by atoms with Gasteiger partial charge in [-0.15, -0.1) is 0 Å². The molecule has 1 fully saturated rings. The molecule has 0 spiro atoms. The summed E-state index contributed by atoms with van der Waals surface area (Å²) < 4.78 is 1.18. The Bertz CT molecular complexity index is 354. The molecule has 0 radical (unpaired) electrons. The standard InChI is InChI=1S/C13H19BrN2/c1-9(12-4-2-3-5-13(12)14)16-11-7-6-10(15)8-11/h2-5,9-11,16H,6-8,15H2,1H3/t9-,10?,11?/m1/s1. The van der Waals surface area contributed by atoms with Gasteiger partial charge in [0.1, 0.15) is 0 Å². The van der Waals surface area contributed by atoms with E-state index in [1.165, 1.54) is 16.5 Å². The van der Waals surface area contributed by atoms with Crippen LogP contribution in [0.15, 0.2) is 28.7 Å². The zero-order valence-corrected chi connectivity index (χ0v) is 11.2. The van der Waals surface area contributed by atoms with E-state index in [1.807, 2.05) is 6.07 Å². The molecule has 16 heavy (non-hydrogen) atoms. The van der Waals surface area contributed by atoms with E-state index in [0.717, 1.165) is 12.8 Å². The van der Waals surface area contributed by atoms with Gasteiger partial charge in [-0.1, -0.05) is 34.1 Å². The van der Waals surface area contributed by atoms with E-state index in [2.05, 4.69) is 46.4 Å². The van der Waals surface area contributed by atoms with Crippen molar-refractivity contribution < 1.29 is 0 Å². The molecule has 2 unspecified atom stereocenters. The monoisotopic (exact) mass is 282 g/mol. The molecule has 1 aromatic rings. The van der Waals surface area contributed by atoms with Gasteiger partial charge in [-0.05, 0) is 37.8 Å². The second-order valence-corrected chi connectivity index (χ2v) is 5.53. The van der Waals surface area contributed by atoms with Crippen LogP contribution in [0, 0.1) is 0 Å². The van der Waals surface area contributed by atoms with E-state index >= 15 is 0 Å². The van der Waals surface area contributed by atoms with Crippen LogP contribution in [-0.2, 0) is 0 Å². The van der Waals surface area contributed by atoms with Gasteiger partial charge in [-0.3, -0.25) is 0 Å². The number of halogens is 1. The summed E-state index contributed by atoms with van der Waals surface area (Å²) in [6.45, 7) is 2.21. The van der Waals surface area contributed by atoms with Gasteiger partial charge < -0.3 is 11.1 Å². The fourth-order valence-corrected chi connectivity index (χ4v) is 3.07. The molecule has 0 heterocycles. The molecule has 3 N–H and O–H groups in total. The Morgan fingerprint density at radius 2 is 2.12 bits per heavy atom. The molecular formula is C13H19BrN2. The molecule has 1 saturated carbocycles. The predicted octanol–water partition coefficient (Wildman–Crippen LogP) is 2.98. The number of benzene rings is 1. The third-order valence-electron chi connectivity index (χ3n) is 3.33. The van der Waals surface area contributed by atoms with Gasteiger partial charge in [0.05, 0.1) is 0 Å². The molecule has 88 valence electrons. The molecule has 0 bridgehead atoms. The lowest BCUT2D eigenvalue weighted by atomic mass is 10.1. The van der Waals surface area contributed by atoms with Crippen LogP contribution in [0.25, 0.3) is 0 Å². The Balaban J connectivity index is 1.98. The Morgan fingerprint density at radius 3 is 2.75 bits per heavy atom. The van der Waals surface area contributed by atoms with Crippen molar-refractivity contribution in [2.45, 2.75) is 44.3 Å². The van der Waals surface area contributed by atoms with Gasteiger partial charge in [-0.25, -0.2) is 0 Å². The Morgan fingerprint density at radius 1 is 1.38 bits per heavy atom. The highest BCUT2D eigenvalue weighted by Gasteiger charge is 2.23. The third-order valence-corrected chi connectivity index (χ3v) is 4.05. The number of hydrogen-bond acceptors (Lipinski definition) is 2. The maximum atomic E-state index is 5.92. The Labute approximate surface area is 106 Å². The van der Waals surface area contributed by atoms with Crippen LogP contribution in [0.2, 0.25) is 0 Å². The molecule has 1 aliphatic carbocycles. The van der Waals surface area contributed by atoms with Crippen molar-refractivity contribution in [1.82, 2.24) is 5.32 Å². The minimum absolute atomic E-state index is 0.380. The van der Waals surface area contributed by atoms with E-state index in [4.69, 9.17) is 5.73 Å². The van der Waals surface area contributed by atoms with Crippen LogP contribution in [0.1, 0.15) is 37.8 Å². The minimum Gasteiger partial charge on any atom is -0.328 e. The summed E-state index contributed by atoms with van der Waals surface area (Å²) >= 11 is 3.59. The van der Waals surface area contributed by atoms with Gasteiger partial charge in [0.15, 0.2) is 0 Å². The zero-order valence-electron chi connectivity index (χ0n) is 9.62. The molecule has 3 atom stereocenters. The van der Waals surface area contributed by atoms with Crippen molar-refractivity contribution in [2.75, 3.05) is 0 Å². The smallest absolute Gasteiger partial charge is 0.0305 e. The second-order valence-electron chi connectivity index (χ2n) is 4.68. The maximum Gasteiger partial charge on any atom is 0.0305 e. The second kappa shape index (κ2) is 5.30.